The zero-order chi connectivity index (χ0) is 21.0. The molecule has 2 aliphatic rings. The molecule has 3 amide bonds. The van der Waals surface area contributed by atoms with Crippen molar-refractivity contribution in [2.75, 3.05) is 0 Å². The van der Waals surface area contributed by atoms with Crippen molar-refractivity contribution < 1.29 is 14.4 Å². The van der Waals surface area contributed by atoms with Gasteiger partial charge in [-0.2, -0.15) is 5.10 Å². The lowest BCUT2D eigenvalue weighted by Gasteiger charge is -2.29. The highest BCUT2D eigenvalue weighted by Gasteiger charge is 2.39. The number of benzene rings is 1. The molecular weight excluding hydrogens is 382 g/mol. The molecule has 8 nitrogen and oxygen atoms in total. The van der Waals surface area contributed by atoms with Gasteiger partial charge in [0.25, 0.3) is 5.91 Å². The monoisotopic (exact) mass is 403 g/mol. The van der Waals surface area contributed by atoms with E-state index >= 15 is 0 Å². The minimum atomic E-state index is -0.615. The highest BCUT2D eigenvalue weighted by molar-refractivity contribution is 6.05. The predicted molar refractivity (Wildman–Crippen MR) is 109 cm³/mol. The first kappa shape index (κ1) is 18.5. The van der Waals surface area contributed by atoms with Gasteiger partial charge in [0.15, 0.2) is 5.65 Å². The number of nitrogens with zero attached hydrogens (tertiary/aromatic N) is 4. The second-order valence-corrected chi connectivity index (χ2v) is 8.03. The van der Waals surface area contributed by atoms with Gasteiger partial charge >= 0.3 is 0 Å². The van der Waals surface area contributed by atoms with Crippen molar-refractivity contribution in [3.63, 3.8) is 0 Å². The maximum absolute atomic E-state index is 12.9. The van der Waals surface area contributed by atoms with Crippen LogP contribution in [0.1, 0.15) is 48.7 Å². The van der Waals surface area contributed by atoms with Gasteiger partial charge in [0, 0.05) is 41.7 Å². The van der Waals surface area contributed by atoms with Crippen LogP contribution in [-0.2, 0) is 16.1 Å². The molecule has 1 fully saturated rings. The van der Waals surface area contributed by atoms with Crippen LogP contribution in [0.4, 0.5) is 0 Å². The Morgan fingerprint density at radius 1 is 1.17 bits per heavy atom. The number of aromatic nitrogens is 3. The fourth-order valence-electron chi connectivity index (χ4n) is 4.27. The van der Waals surface area contributed by atoms with Gasteiger partial charge in [-0.3, -0.25) is 19.7 Å². The molecule has 1 saturated heterocycles. The largest absolute Gasteiger partial charge is 0.322 e. The Balaban J connectivity index is 1.52. The van der Waals surface area contributed by atoms with Crippen LogP contribution in [0.2, 0.25) is 0 Å². The molecule has 1 N–H and O–H groups in total. The normalized spacial score (nSPS) is 19.0. The molecule has 0 bridgehead atoms. The molecule has 1 atom stereocenters. The van der Waals surface area contributed by atoms with Gasteiger partial charge in [-0.15, -0.1) is 0 Å². The average Bonchev–Trinajstić information content (AvgIpc) is 3.26. The second-order valence-electron chi connectivity index (χ2n) is 8.03. The van der Waals surface area contributed by atoms with Gasteiger partial charge in [0.05, 0.1) is 0 Å². The van der Waals surface area contributed by atoms with E-state index in [0.29, 0.717) is 18.5 Å². The quantitative estimate of drug-likeness (QED) is 0.678. The molecule has 1 aromatic carbocycles. The average molecular weight is 403 g/mol. The topological polar surface area (TPSA) is 97.2 Å². The van der Waals surface area contributed by atoms with E-state index in [1.54, 1.807) is 17.2 Å². The summed E-state index contributed by atoms with van der Waals surface area (Å²) in [4.78, 5) is 42.6. The van der Waals surface area contributed by atoms with E-state index < -0.39 is 11.9 Å². The smallest absolute Gasteiger partial charge is 0.255 e. The van der Waals surface area contributed by atoms with E-state index in [4.69, 9.17) is 5.10 Å². The van der Waals surface area contributed by atoms with Crippen LogP contribution in [0.5, 0.6) is 0 Å². The van der Waals surface area contributed by atoms with E-state index in [9.17, 15) is 14.4 Å². The molecule has 8 heteroatoms. The molecule has 3 aromatic rings. The lowest BCUT2D eigenvalue weighted by Crippen LogP contribution is -2.52. The standard InChI is InChI=1S/C22H21N5O3/c1-12(2)27-20-16(4-3-9-23-20)19(25-27)13-5-6-15-14(10-13)11-26(22(15)30)17-7-8-18(28)24-21(17)29/h3-6,9-10,12,17H,7-8,11H2,1-2H3,(H,24,28,29). The summed E-state index contributed by atoms with van der Waals surface area (Å²) >= 11 is 0. The molecule has 0 saturated carbocycles. The summed E-state index contributed by atoms with van der Waals surface area (Å²) in [5.74, 6) is -0.866. The van der Waals surface area contributed by atoms with E-state index in [2.05, 4.69) is 24.1 Å². The molecule has 2 aliphatic heterocycles. The number of imide groups is 1. The maximum atomic E-state index is 12.9. The van der Waals surface area contributed by atoms with Crippen LogP contribution < -0.4 is 5.32 Å². The third kappa shape index (κ3) is 2.79. The highest BCUT2D eigenvalue weighted by Crippen LogP contribution is 2.33. The highest BCUT2D eigenvalue weighted by atomic mass is 16.2. The Bertz CT molecular complexity index is 1210. The Hall–Kier alpha value is -3.55. The number of pyridine rings is 1. The minimum Gasteiger partial charge on any atom is -0.322 e. The molecule has 5 rings (SSSR count). The van der Waals surface area contributed by atoms with Crippen LogP contribution in [0.15, 0.2) is 36.5 Å². The summed E-state index contributed by atoms with van der Waals surface area (Å²) < 4.78 is 1.90. The Kier molecular flexibility index (Phi) is 4.16. The van der Waals surface area contributed by atoms with Crippen LogP contribution in [0.3, 0.4) is 0 Å². The number of carbonyl (C=O) groups is 3. The summed E-state index contributed by atoms with van der Waals surface area (Å²) in [5.41, 5.74) is 4.00. The van der Waals surface area contributed by atoms with Gasteiger partial charge in [-0.05, 0) is 50.1 Å². The summed E-state index contributed by atoms with van der Waals surface area (Å²) in [7, 11) is 0. The summed E-state index contributed by atoms with van der Waals surface area (Å²) in [6, 6.07) is 9.10. The van der Waals surface area contributed by atoms with E-state index in [0.717, 1.165) is 27.9 Å². The van der Waals surface area contributed by atoms with Crippen molar-refractivity contribution in [3.05, 3.63) is 47.7 Å². The van der Waals surface area contributed by atoms with Crippen molar-refractivity contribution in [2.24, 2.45) is 0 Å². The molecule has 1 unspecified atom stereocenters. The van der Waals surface area contributed by atoms with Crippen molar-refractivity contribution in [3.8, 4) is 11.3 Å². The number of amides is 3. The molecule has 152 valence electrons. The van der Waals surface area contributed by atoms with Crippen LogP contribution in [0, 0.1) is 0 Å². The number of carbonyl (C=O) groups excluding carboxylic acids is 3. The summed E-state index contributed by atoms with van der Waals surface area (Å²) in [5, 5.41) is 8.08. The molecule has 2 aromatic heterocycles. The van der Waals surface area contributed by atoms with Crippen LogP contribution >= 0.6 is 0 Å². The van der Waals surface area contributed by atoms with Crippen molar-refractivity contribution in [1.82, 2.24) is 25.0 Å². The van der Waals surface area contributed by atoms with Gasteiger partial charge in [-0.25, -0.2) is 9.67 Å². The van der Waals surface area contributed by atoms with Gasteiger partial charge in [0.1, 0.15) is 11.7 Å². The zero-order valence-corrected chi connectivity index (χ0v) is 16.8. The number of fused-ring (bicyclic) bond motifs is 2. The summed E-state index contributed by atoms with van der Waals surface area (Å²) in [6.07, 6.45) is 2.35. The Morgan fingerprint density at radius 3 is 2.77 bits per heavy atom. The van der Waals surface area contributed by atoms with Crippen LogP contribution in [-0.4, -0.2) is 43.4 Å². The number of hydrogen-bond donors (Lipinski definition) is 1. The van der Waals surface area contributed by atoms with Crippen molar-refractivity contribution in [1.29, 1.82) is 0 Å². The molecule has 0 spiro atoms. The Morgan fingerprint density at radius 2 is 2.00 bits per heavy atom. The number of nitrogens with one attached hydrogen (secondary N) is 1. The molecule has 0 radical (unpaired) electrons. The lowest BCUT2D eigenvalue weighted by molar-refractivity contribution is -0.136. The second kappa shape index (κ2) is 6.76. The minimum absolute atomic E-state index is 0.162. The number of rotatable bonds is 3. The van der Waals surface area contributed by atoms with E-state index in [-0.39, 0.29) is 24.3 Å². The van der Waals surface area contributed by atoms with E-state index in [1.165, 1.54) is 0 Å². The fraction of sp³-hybridized carbons (Fsp3) is 0.318. The van der Waals surface area contributed by atoms with Crippen LogP contribution in [0.25, 0.3) is 22.3 Å². The third-order valence-electron chi connectivity index (χ3n) is 5.75. The number of piperidine rings is 1. The molecule has 4 heterocycles. The fourth-order valence-corrected chi connectivity index (χ4v) is 4.27. The third-order valence-corrected chi connectivity index (χ3v) is 5.75. The number of hydrogen-bond acceptors (Lipinski definition) is 5. The zero-order valence-electron chi connectivity index (χ0n) is 16.8. The molecular formula is C22H21N5O3. The van der Waals surface area contributed by atoms with E-state index in [1.807, 2.05) is 28.9 Å². The van der Waals surface area contributed by atoms with Crippen molar-refractivity contribution in [2.45, 2.75) is 45.3 Å². The maximum Gasteiger partial charge on any atom is 0.255 e. The lowest BCUT2D eigenvalue weighted by atomic mass is 10.0. The SMILES string of the molecule is CC(C)n1nc(-c2ccc3c(c2)CN(C2CCC(=O)NC2=O)C3=O)c2cccnc21. The Labute approximate surface area is 172 Å². The van der Waals surface area contributed by atoms with Gasteiger partial charge in [0.2, 0.25) is 11.8 Å². The van der Waals surface area contributed by atoms with Gasteiger partial charge < -0.3 is 4.90 Å². The molecule has 30 heavy (non-hydrogen) atoms. The van der Waals surface area contributed by atoms with Crippen molar-refractivity contribution >= 4 is 28.8 Å². The molecule has 0 aliphatic carbocycles. The first-order chi connectivity index (χ1) is 14.4. The van der Waals surface area contributed by atoms with Gasteiger partial charge in [-0.1, -0.05) is 6.07 Å². The predicted octanol–water partition coefficient (Wildman–Crippen LogP) is 2.44. The first-order valence-electron chi connectivity index (χ1n) is 10.0. The summed E-state index contributed by atoms with van der Waals surface area (Å²) in [6.45, 7) is 4.46. The first-order valence-corrected chi connectivity index (χ1v) is 10.0.